The minimum absolute atomic E-state index is 0.0492. The number of carboxylic acids is 2. The van der Waals surface area contributed by atoms with Gasteiger partial charge in [-0.05, 0) is 78.6 Å². The highest BCUT2D eigenvalue weighted by Gasteiger charge is 2.33. The first kappa shape index (κ1) is 35.2. The van der Waals surface area contributed by atoms with E-state index in [1.54, 1.807) is 37.4 Å². The summed E-state index contributed by atoms with van der Waals surface area (Å²) in [7, 11) is 1.77. The minimum atomic E-state index is -1.21. The van der Waals surface area contributed by atoms with E-state index in [9.17, 15) is 39.3 Å². The molecule has 3 atom stereocenters. The average molecular weight is 644 g/mol. The van der Waals surface area contributed by atoms with E-state index in [4.69, 9.17) is 0 Å². The molecule has 0 bridgehead atoms. The van der Waals surface area contributed by atoms with Crippen LogP contribution in [0, 0.1) is 5.41 Å². The molecule has 0 saturated carbocycles. The van der Waals surface area contributed by atoms with Crippen molar-refractivity contribution in [3.63, 3.8) is 0 Å². The van der Waals surface area contributed by atoms with Gasteiger partial charge in [0, 0.05) is 30.1 Å². The summed E-state index contributed by atoms with van der Waals surface area (Å²) in [6, 6.07) is 7.66. The van der Waals surface area contributed by atoms with Gasteiger partial charge in [-0.1, -0.05) is 26.8 Å². The van der Waals surface area contributed by atoms with Crippen molar-refractivity contribution in [2.75, 3.05) is 35.7 Å². The summed E-state index contributed by atoms with van der Waals surface area (Å²) in [5.41, 5.74) is 2.25. The van der Waals surface area contributed by atoms with E-state index in [1.807, 2.05) is 25.7 Å². The number of rotatable bonds is 13. The summed E-state index contributed by atoms with van der Waals surface area (Å²) in [5, 5.41) is 39.3. The van der Waals surface area contributed by atoms with Crippen LogP contribution in [0.5, 0.6) is 5.75 Å². The number of amides is 4. The van der Waals surface area contributed by atoms with Crippen LogP contribution in [-0.2, 0) is 25.6 Å². The minimum Gasteiger partial charge on any atom is -0.508 e. The molecule has 1 aliphatic rings. The van der Waals surface area contributed by atoms with Crippen LogP contribution in [0.4, 0.5) is 16.2 Å². The Labute approximate surface area is 266 Å². The van der Waals surface area contributed by atoms with E-state index in [2.05, 4.69) is 21.3 Å². The van der Waals surface area contributed by atoms with Crippen LogP contribution in [0.2, 0.25) is 0 Å². The fraction of sp³-hybridized carbons (Fsp3) is 0.452. The molecular weight excluding hydrogens is 602 g/mol. The number of nitrogens with zero attached hydrogens (tertiary/aromatic N) is 1. The SMILES string of the molecule is CN1CCc2cc(NC(=O)Nc3ccc(O)cc3)ccc2C1C(=O)NC(CCSCC(NC(=O)CC(C)(C)C)C(=O)O)C(=O)O. The number of carboxylic acid groups (broad SMARTS) is 2. The van der Waals surface area contributed by atoms with Gasteiger partial charge in [-0.3, -0.25) is 14.5 Å². The maximum Gasteiger partial charge on any atom is 0.327 e. The van der Waals surface area contributed by atoms with E-state index < -0.39 is 42.0 Å². The molecule has 0 aliphatic carbocycles. The van der Waals surface area contributed by atoms with Gasteiger partial charge in [0.1, 0.15) is 23.9 Å². The lowest BCUT2D eigenvalue weighted by Crippen LogP contribution is -2.48. The summed E-state index contributed by atoms with van der Waals surface area (Å²) >= 11 is 1.18. The molecule has 13 nitrogen and oxygen atoms in total. The highest BCUT2D eigenvalue weighted by molar-refractivity contribution is 7.99. The first-order valence-electron chi connectivity index (χ1n) is 14.5. The summed E-state index contributed by atoms with van der Waals surface area (Å²) in [4.78, 5) is 63.5. The number of likely N-dealkylation sites (N-methyl/N-ethyl adjacent to an activating group) is 1. The molecule has 1 aliphatic heterocycles. The standard InChI is InChI=1S/C31H41N5O8S/c1-31(2,3)16-25(38)34-24(29(42)43)17-45-14-12-23(28(40)41)35-27(39)26-22-10-7-20(15-18(22)11-13-36(26)4)33-30(44)32-19-5-8-21(37)9-6-19/h5-10,15,23-24,26,37H,11-14,16-17H2,1-4H3,(H,34,38)(H,35,39)(H,40,41)(H,42,43)(H2,32,33,44). The van der Waals surface area contributed by atoms with Gasteiger partial charge < -0.3 is 36.6 Å². The van der Waals surface area contributed by atoms with E-state index in [-0.39, 0.29) is 41.4 Å². The molecule has 0 aromatic heterocycles. The molecule has 2 aromatic carbocycles. The van der Waals surface area contributed by atoms with Crippen molar-refractivity contribution in [2.24, 2.45) is 5.41 Å². The molecule has 14 heteroatoms. The number of carbonyl (C=O) groups excluding carboxylic acids is 3. The predicted molar refractivity (Wildman–Crippen MR) is 171 cm³/mol. The fourth-order valence-electron chi connectivity index (χ4n) is 4.82. The number of thioether (sulfide) groups is 1. The van der Waals surface area contributed by atoms with E-state index in [0.29, 0.717) is 29.9 Å². The Morgan fingerprint density at radius 3 is 2.18 bits per heavy atom. The number of urea groups is 1. The van der Waals surface area contributed by atoms with Crippen molar-refractivity contribution >= 4 is 52.9 Å². The molecule has 0 radical (unpaired) electrons. The number of hydrogen-bond acceptors (Lipinski definition) is 8. The lowest BCUT2D eigenvalue weighted by atomic mass is 9.91. The largest absolute Gasteiger partial charge is 0.508 e. The third-order valence-electron chi connectivity index (χ3n) is 7.02. The summed E-state index contributed by atoms with van der Waals surface area (Å²) in [6.07, 6.45) is 0.832. The van der Waals surface area contributed by atoms with Crippen LogP contribution in [0.15, 0.2) is 42.5 Å². The normalized spacial score (nSPS) is 16.0. The number of nitrogens with one attached hydrogen (secondary N) is 4. The van der Waals surface area contributed by atoms with Gasteiger partial charge in [0.2, 0.25) is 11.8 Å². The highest BCUT2D eigenvalue weighted by atomic mass is 32.2. The molecular formula is C31H41N5O8S. The Balaban J connectivity index is 1.58. The first-order valence-corrected chi connectivity index (χ1v) is 15.6. The quantitative estimate of drug-likeness (QED) is 0.126. The topological polar surface area (TPSA) is 197 Å². The third-order valence-corrected chi connectivity index (χ3v) is 8.11. The Kier molecular flexibility index (Phi) is 12.2. The summed E-state index contributed by atoms with van der Waals surface area (Å²) in [5.74, 6) is -2.88. The van der Waals surface area contributed by atoms with Gasteiger partial charge in [0.15, 0.2) is 0 Å². The lowest BCUT2D eigenvalue weighted by Gasteiger charge is -2.34. The predicted octanol–water partition coefficient (Wildman–Crippen LogP) is 3.26. The highest BCUT2D eigenvalue weighted by Crippen LogP contribution is 2.31. The average Bonchev–Trinajstić information content (AvgIpc) is 2.93. The van der Waals surface area contributed by atoms with Crippen molar-refractivity contribution in [2.45, 2.75) is 58.2 Å². The van der Waals surface area contributed by atoms with Crippen LogP contribution >= 0.6 is 11.8 Å². The smallest absolute Gasteiger partial charge is 0.327 e. The van der Waals surface area contributed by atoms with E-state index >= 15 is 0 Å². The second kappa shape index (κ2) is 15.6. The lowest BCUT2D eigenvalue weighted by molar-refractivity contribution is -0.142. The second-order valence-electron chi connectivity index (χ2n) is 12.1. The molecule has 1 heterocycles. The zero-order chi connectivity index (χ0) is 33.3. The molecule has 45 heavy (non-hydrogen) atoms. The Bertz CT molecular complexity index is 1400. The molecule has 3 rings (SSSR count). The zero-order valence-electron chi connectivity index (χ0n) is 25.8. The van der Waals surface area contributed by atoms with Crippen LogP contribution in [-0.4, -0.2) is 87.2 Å². The van der Waals surface area contributed by atoms with Gasteiger partial charge in [-0.2, -0.15) is 11.8 Å². The maximum atomic E-state index is 13.4. The number of phenols is 1. The van der Waals surface area contributed by atoms with E-state index in [1.165, 1.54) is 23.9 Å². The van der Waals surface area contributed by atoms with Gasteiger partial charge in [0.05, 0.1) is 0 Å². The van der Waals surface area contributed by atoms with Crippen LogP contribution < -0.4 is 21.3 Å². The van der Waals surface area contributed by atoms with Crippen molar-refractivity contribution in [3.8, 4) is 5.75 Å². The third kappa shape index (κ3) is 11.0. The van der Waals surface area contributed by atoms with E-state index in [0.717, 1.165) is 5.56 Å². The van der Waals surface area contributed by atoms with Crippen molar-refractivity contribution in [1.82, 2.24) is 15.5 Å². The number of hydrogen-bond donors (Lipinski definition) is 7. The molecule has 3 unspecified atom stereocenters. The van der Waals surface area contributed by atoms with Gasteiger partial charge >= 0.3 is 18.0 Å². The number of aromatic hydroxyl groups is 1. The number of phenolic OH excluding ortho intramolecular Hbond substituents is 1. The van der Waals surface area contributed by atoms with Crippen LogP contribution in [0.25, 0.3) is 0 Å². The molecule has 244 valence electrons. The van der Waals surface area contributed by atoms with Crippen molar-refractivity contribution < 1.29 is 39.3 Å². The Hall–Kier alpha value is -4.30. The second-order valence-corrected chi connectivity index (χ2v) is 13.3. The summed E-state index contributed by atoms with van der Waals surface area (Å²) in [6.45, 7) is 6.15. The molecule has 2 aromatic rings. The van der Waals surface area contributed by atoms with Crippen LogP contribution in [0.1, 0.15) is 50.8 Å². The van der Waals surface area contributed by atoms with Gasteiger partial charge in [-0.25, -0.2) is 14.4 Å². The zero-order valence-corrected chi connectivity index (χ0v) is 26.6. The summed E-state index contributed by atoms with van der Waals surface area (Å²) < 4.78 is 0. The van der Waals surface area contributed by atoms with Gasteiger partial charge in [0.25, 0.3) is 0 Å². The molecule has 4 amide bonds. The number of fused-ring (bicyclic) bond motifs is 1. The maximum absolute atomic E-state index is 13.4. The number of anilines is 2. The van der Waals surface area contributed by atoms with Crippen molar-refractivity contribution in [1.29, 1.82) is 0 Å². The Morgan fingerprint density at radius 2 is 1.56 bits per heavy atom. The number of aliphatic carboxylic acids is 2. The van der Waals surface area contributed by atoms with Crippen LogP contribution in [0.3, 0.4) is 0 Å². The Morgan fingerprint density at radius 1 is 0.933 bits per heavy atom. The molecule has 7 N–H and O–H groups in total. The van der Waals surface area contributed by atoms with Gasteiger partial charge in [-0.15, -0.1) is 0 Å². The van der Waals surface area contributed by atoms with Crippen molar-refractivity contribution in [3.05, 3.63) is 53.6 Å². The molecule has 0 saturated heterocycles. The first-order chi connectivity index (χ1) is 21.1. The number of carbonyl (C=O) groups is 5. The fourth-order valence-corrected chi connectivity index (χ4v) is 5.85. The molecule has 0 spiro atoms. The number of benzene rings is 2. The molecule has 0 fully saturated rings. The monoisotopic (exact) mass is 643 g/mol.